The lowest BCUT2D eigenvalue weighted by Gasteiger charge is -2.15. The summed E-state index contributed by atoms with van der Waals surface area (Å²) >= 11 is 1.74. The van der Waals surface area contributed by atoms with E-state index in [-0.39, 0.29) is 0 Å². The molecule has 0 spiro atoms. The minimum absolute atomic E-state index is 0.746. The fourth-order valence-electron chi connectivity index (χ4n) is 2.03. The van der Waals surface area contributed by atoms with Crippen LogP contribution in [0.4, 0.5) is 5.13 Å². The third-order valence-corrected chi connectivity index (χ3v) is 4.44. The van der Waals surface area contributed by atoms with E-state index in [1.54, 1.807) is 18.4 Å². The second kappa shape index (κ2) is 6.50. The van der Waals surface area contributed by atoms with Crippen molar-refractivity contribution in [1.29, 1.82) is 0 Å². The van der Waals surface area contributed by atoms with Crippen molar-refractivity contribution in [3.8, 4) is 0 Å². The summed E-state index contributed by atoms with van der Waals surface area (Å²) in [4.78, 5) is 6.94. The van der Waals surface area contributed by atoms with E-state index in [0.717, 1.165) is 48.9 Å². The molecule has 0 aliphatic heterocycles. The van der Waals surface area contributed by atoms with Gasteiger partial charge in [0.05, 0.1) is 12.3 Å². The van der Waals surface area contributed by atoms with Gasteiger partial charge in [0.1, 0.15) is 0 Å². The number of ether oxygens (including phenoxy) is 1. The van der Waals surface area contributed by atoms with E-state index in [9.17, 15) is 0 Å². The molecule has 1 aliphatic rings. The van der Waals surface area contributed by atoms with Crippen LogP contribution in [0.25, 0.3) is 0 Å². The molecule has 0 radical (unpaired) electrons. The summed E-state index contributed by atoms with van der Waals surface area (Å²) in [5.41, 5.74) is 1.13. The number of nitrogens with one attached hydrogen (secondary N) is 1. The van der Waals surface area contributed by atoms with Crippen molar-refractivity contribution in [3.63, 3.8) is 0 Å². The van der Waals surface area contributed by atoms with Gasteiger partial charge < -0.3 is 15.0 Å². The molecule has 1 fully saturated rings. The molecule has 0 saturated heterocycles. The van der Waals surface area contributed by atoms with Gasteiger partial charge >= 0.3 is 0 Å². The Kier molecular flexibility index (Phi) is 4.97. The average Bonchev–Trinajstić information content (AvgIpc) is 2.87. The maximum atomic E-state index is 5.00. The van der Waals surface area contributed by atoms with Crippen LogP contribution in [0.15, 0.2) is 5.38 Å². The van der Waals surface area contributed by atoms with Gasteiger partial charge in [-0.2, -0.15) is 0 Å². The molecule has 1 aliphatic carbocycles. The summed E-state index contributed by atoms with van der Waals surface area (Å²) in [6.07, 6.45) is 1.38. The Morgan fingerprint density at radius 2 is 2.39 bits per heavy atom. The van der Waals surface area contributed by atoms with Crippen LogP contribution >= 0.6 is 11.3 Å². The molecule has 0 amide bonds. The minimum Gasteiger partial charge on any atom is -0.383 e. The smallest absolute Gasteiger partial charge is 0.185 e. The summed E-state index contributed by atoms with van der Waals surface area (Å²) in [7, 11) is 3.86. The van der Waals surface area contributed by atoms with Crippen LogP contribution < -0.4 is 10.2 Å². The fraction of sp³-hybridized carbons (Fsp3) is 0.769. The van der Waals surface area contributed by atoms with Crippen molar-refractivity contribution in [2.24, 2.45) is 11.8 Å². The molecule has 5 heteroatoms. The molecular formula is C13H23N3OS. The highest BCUT2D eigenvalue weighted by Crippen LogP contribution is 2.38. The molecule has 4 nitrogen and oxygen atoms in total. The summed E-state index contributed by atoms with van der Waals surface area (Å²) in [5, 5.41) is 6.59. The molecule has 1 saturated carbocycles. The lowest BCUT2D eigenvalue weighted by atomic mass is 10.3. The largest absolute Gasteiger partial charge is 0.383 e. The maximum Gasteiger partial charge on any atom is 0.185 e. The highest BCUT2D eigenvalue weighted by atomic mass is 32.1. The summed E-state index contributed by atoms with van der Waals surface area (Å²) < 4.78 is 5.00. The van der Waals surface area contributed by atoms with Crippen molar-refractivity contribution in [2.45, 2.75) is 19.9 Å². The first-order valence-corrected chi connectivity index (χ1v) is 7.44. The molecule has 18 heavy (non-hydrogen) atoms. The zero-order chi connectivity index (χ0) is 13.0. The maximum absolute atomic E-state index is 5.00. The first-order valence-electron chi connectivity index (χ1n) is 6.56. The molecule has 1 N–H and O–H groups in total. The topological polar surface area (TPSA) is 37.4 Å². The Morgan fingerprint density at radius 3 is 3.06 bits per heavy atom. The predicted octanol–water partition coefficient (Wildman–Crippen LogP) is 1.97. The quantitative estimate of drug-likeness (QED) is 0.732. The van der Waals surface area contributed by atoms with Gasteiger partial charge in [-0.25, -0.2) is 4.98 Å². The molecular weight excluding hydrogens is 246 g/mol. The SMILES string of the molecule is COCCNCc1csc(N(C)CC2CC2C)n1. The normalized spacial score (nSPS) is 22.2. The molecule has 1 aromatic heterocycles. The van der Waals surface area contributed by atoms with Gasteiger partial charge in [-0.1, -0.05) is 6.92 Å². The lowest BCUT2D eigenvalue weighted by molar-refractivity contribution is 0.199. The Hall–Kier alpha value is -0.650. The number of rotatable bonds is 8. The number of nitrogens with zero attached hydrogens (tertiary/aromatic N) is 2. The molecule has 2 rings (SSSR count). The predicted molar refractivity (Wildman–Crippen MR) is 76.2 cm³/mol. The van der Waals surface area contributed by atoms with Gasteiger partial charge in [-0.15, -0.1) is 11.3 Å². The molecule has 0 aromatic carbocycles. The number of hydrogen-bond donors (Lipinski definition) is 1. The molecule has 0 bridgehead atoms. The van der Waals surface area contributed by atoms with Crippen molar-refractivity contribution in [1.82, 2.24) is 10.3 Å². The van der Waals surface area contributed by atoms with Crippen molar-refractivity contribution in [3.05, 3.63) is 11.1 Å². The van der Waals surface area contributed by atoms with Crippen LogP contribution in [-0.4, -0.2) is 38.8 Å². The third-order valence-electron chi connectivity index (χ3n) is 3.44. The molecule has 1 heterocycles. The minimum atomic E-state index is 0.746. The van der Waals surface area contributed by atoms with Crippen LogP contribution in [0.3, 0.4) is 0 Å². The monoisotopic (exact) mass is 269 g/mol. The summed E-state index contributed by atoms with van der Waals surface area (Å²) in [5.74, 6) is 1.78. The Bertz CT molecular complexity index is 369. The van der Waals surface area contributed by atoms with Crippen molar-refractivity contribution in [2.75, 3.05) is 38.8 Å². The number of thiazole rings is 1. The summed E-state index contributed by atoms with van der Waals surface area (Å²) in [6, 6.07) is 0. The Balaban J connectivity index is 1.74. The van der Waals surface area contributed by atoms with E-state index in [1.165, 1.54) is 6.42 Å². The number of hydrogen-bond acceptors (Lipinski definition) is 5. The standard InChI is InChI=1S/C13H23N3OS/c1-10-6-11(10)8-16(2)13-15-12(9-18-13)7-14-4-5-17-3/h9-11,14H,4-8H2,1-3H3. The van der Waals surface area contributed by atoms with Crippen LogP contribution in [0, 0.1) is 11.8 Å². The number of methoxy groups -OCH3 is 1. The van der Waals surface area contributed by atoms with Crippen LogP contribution in [-0.2, 0) is 11.3 Å². The van der Waals surface area contributed by atoms with Gasteiger partial charge in [-0.05, 0) is 18.3 Å². The zero-order valence-corrected chi connectivity index (χ0v) is 12.3. The third kappa shape index (κ3) is 3.93. The van der Waals surface area contributed by atoms with E-state index in [4.69, 9.17) is 4.74 Å². The Morgan fingerprint density at radius 1 is 1.61 bits per heavy atom. The number of anilines is 1. The van der Waals surface area contributed by atoms with Gasteiger partial charge in [0.15, 0.2) is 5.13 Å². The van der Waals surface area contributed by atoms with Crippen LogP contribution in [0.1, 0.15) is 19.0 Å². The van der Waals surface area contributed by atoms with Crippen molar-refractivity contribution < 1.29 is 4.74 Å². The van der Waals surface area contributed by atoms with Gasteiger partial charge in [0.25, 0.3) is 0 Å². The Labute approximate surface area is 113 Å². The summed E-state index contributed by atoms with van der Waals surface area (Å²) in [6.45, 7) is 5.92. The highest BCUT2D eigenvalue weighted by Gasteiger charge is 2.33. The highest BCUT2D eigenvalue weighted by molar-refractivity contribution is 7.13. The second-order valence-corrected chi connectivity index (χ2v) is 5.98. The van der Waals surface area contributed by atoms with E-state index in [0.29, 0.717) is 0 Å². The molecule has 102 valence electrons. The molecule has 2 unspecified atom stereocenters. The van der Waals surface area contributed by atoms with E-state index < -0.39 is 0 Å². The number of aromatic nitrogens is 1. The van der Waals surface area contributed by atoms with Crippen LogP contribution in [0.2, 0.25) is 0 Å². The van der Waals surface area contributed by atoms with E-state index in [1.807, 2.05) is 0 Å². The van der Waals surface area contributed by atoms with Crippen LogP contribution in [0.5, 0.6) is 0 Å². The molecule has 2 atom stereocenters. The lowest BCUT2D eigenvalue weighted by Crippen LogP contribution is -2.21. The van der Waals surface area contributed by atoms with E-state index >= 15 is 0 Å². The molecule has 1 aromatic rings. The van der Waals surface area contributed by atoms with Gasteiger partial charge in [0, 0.05) is 39.2 Å². The van der Waals surface area contributed by atoms with E-state index in [2.05, 4.69) is 34.6 Å². The first kappa shape index (κ1) is 13.8. The van der Waals surface area contributed by atoms with Crippen molar-refractivity contribution >= 4 is 16.5 Å². The zero-order valence-electron chi connectivity index (χ0n) is 11.5. The average molecular weight is 269 g/mol. The van der Waals surface area contributed by atoms with Gasteiger partial charge in [-0.3, -0.25) is 0 Å². The fourth-order valence-corrected chi connectivity index (χ4v) is 2.83. The van der Waals surface area contributed by atoms with Gasteiger partial charge in [0.2, 0.25) is 0 Å². The second-order valence-electron chi connectivity index (χ2n) is 5.14. The first-order chi connectivity index (χ1) is 8.70.